The summed E-state index contributed by atoms with van der Waals surface area (Å²) in [6, 6.07) is 15.2. The molecule has 0 fully saturated rings. The fourth-order valence-corrected chi connectivity index (χ4v) is 4.47. The Morgan fingerprint density at radius 3 is 2.57 bits per heavy atom. The number of nitrogens with zero attached hydrogens (tertiary/aromatic N) is 2. The maximum absolute atomic E-state index is 12.7. The average molecular weight is 423 g/mol. The van der Waals surface area contributed by atoms with Gasteiger partial charge in [0.05, 0.1) is 16.0 Å². The van der Waals surface area contributed by atoms with Gasteiger partial charge in [-0.15, -0.1) is 0 Å². The first kappa shape index (κ1) is 20.0. The highest BCUT2D eigenvalue weighted by Crippen LogP contribution is 2.19. The minimum atomic E-state index is -3.70. The minimum Gasteiger partial charge on any atom is -0.322 e. The summed E-state index contributed by atoms with van der Waals surface area (Å²) in [6.07, 6.45) is 5.18. The predicted molar refractivity (Wildman–Crippen MR) is 117 cm³/mol. The van der Waals surface area contributed by atoms with E-state index in [1.54, 1.807) is 24.4 Å². The number of amidine groups is 1. The second-order valence-electron chi connectivity index (χ2n) is 7.10. The van der Waals surface area contributed by atoms with E-state index in [4.69, 9.17) is 0 Å². The van der Waals surface area contributed by atoms with Gasteiger partial charge in [-0.25, -0.2) is 8.42 Å². The number of fused-ring (bicyclic) bond motifs is 1. The lowest BCUT2D eigenvalue weighted by molar-refractivity contribution is 0.102. The molecule has 7 nitrogen and oxygen atoms in total. The summed E-state index contributed by atoms with van der Waals surface area (Å²) in [7, 11) is -3.70. The maximum Gasteiger partial charge on any atom is 0.262 e. The van der Waals surface area contributed by atoms with Crippen molar-refractivity contribution < 1.29 is 13.2 Å². The first-order valence-electron chi connectivity index (χ1n) is 9.84. The average Bonchev–Trinajstić information content (AvgIpc) is 3.02. The van der Waals surface area contributed by atoms with Crippen molar-refractivity contribution in [3.05, 3.63) is 66.4 Å². The molecule has 1 aromatic heterocycles. The Morgan fingerprint density at radius 1 is 0.933 bits per heavy atom. The fourth-order valence-electron chi connectivity index (χ4n) is 3.38. The molecule has 3 aromatic rings. The Balaban J connectivity index is 1.49. The number of carbonyl (C=O) groups is 1. The van der Waals surface area contributed by atoms with Crippen LogP contribution >= 0.6 is 0 Å². The molecule has 1 aliphatic rings. The van der Waals surface area contributed by atoms with Crippen molar-refractivity contribution in [3.63, 3.8) is 0 Å². The normalized spacial score (nSPS) is 14.6. The topological polar surface area (TPSA) is 101 Å². The summed E-state index contributed by atoms with van der Waals surface area (Å²) in [4.78, 5) is 21.4. The van der Waals surface area contributed by atoms with E-state index in [2.05, 4.69) is 20.0 Å². The van der Waals surface area contributed by atoms with Gasteiger partial charge in [0.25, 0.3) is 15.9 Å². The lowest BCUT2D eigenvalue weighted by Gasteiger charge is -2.11. The smallest absolute Gasteiger partial charge is 0.262 e. The van der Waals surface area contributed by atoms with Crippen LogP contribution in [0.4, 0.5) is 5.69 Å². The molecule has 1 amide bonds. The van der Waals surface area contributed by atoms with Crippen molar-refractivity contribution >= 4 is 38.4 Å². The van der Waals surface area contributed by atoms with Crippen LogP contribution in [-0.4, -0.2) is 31.7 Å². The summed E-state index contributed by atoms with van der Waals surface area (Å²) in [5, 5.41) is 3.57. The Hall–Kier alpha value is -3.26. The van der Waals surface area contributed by atoms with Crippen LogP contribution in [0.5, 0.6) is 0 Å². The van der Waals surface area contributed by atoms with Crippen LogP contribution < -0.4 is 10.0 Å². The molecule has 30 heavy (non-hydrogen) atoms. The van der Waals surface area contributed by atoms with E-state index in [1.807, 2.05) is 24.3 Å². The van der Waals surface area contributed by atoms with E-state index in [9.17, 15) is 13.2 Å². The van der Waals surface area contributed by atoms with Gasteiger partial charge in [-0.2, -0.15) is 0 Å². The number of sulfonamides is 1. The first-order valence-corrected chi connectivity index (χ1v) is 11.3. The number of pyridine rings is 1. The molecule has 8 heteroatoms. The van der Waals surface area contributed by atoms with Crippen molar-refractivity contribution in [2.45, 2.75) is 30.6 Å². The van der Waals surface area contributed by atoms with Crippen LogP contribution in [0, 0.1) is 0 Å². The van der Waals surface area contributed by atoms with Crippen LogP contribution in [0.3, 0.4) is 0 Å². The molecular formula is C22H22N4O3S. The third-order valence-electron chi connectivity index (χ3n) is 4.94. The Bertz CT molecular complexity index is 1200. The van der Waals surface area contributed by atoms with Gasteiger partial charge in [-0.05, 0) is 49.2 Å². The zero-order valence-electron chi connectivity index (χ0n) is 16.3. The van der Waals surface area contributed by atoms with Crippen LogP contribution in [-0.2, 0) is 10.0 Å². The highest BCUT2D eigenvalue weighted by molar-refractivity contribution is 7.90. The molecule has 2 N–H and O–H groups in total. The zero-order chi connectivity index (χ0) is 21.0. The monoisotopic (exact) mass is 422 g/mol. The van der Waals surface area contributed by atoms with Crippen LogP contribution in [0.2, 0.25) is 0 Å². The standard InChI is InChI=1S/C22H22N4O3S/c27-22(19-13-15-23-20-7-4-3-6-18(19)20)25-16-9-11-17(12-10-16)30(28,29)26-21-8-2-1-5-14-24-21/h3-4,6-7,9-13,15H,1-2,5,8,14H2,(H,24,26)(H,25,27). The number of rotatable bonds is 4. The van der Waals surface area contributed by atoms with Gasteiger partial charge < -0.3 is 5.32 Å². The molecule has 0 radical (unpaired) electrons. The molecule has 1 aliphatic heterocycles. The summed E-state index contributed by atoms with van der Waals surface area (Å²) < 4.78 is 27.8. The molecule has 0 spiro atoms. The molecule has 2 heterocycles. The lowest BCUT2D eigenvalue weighted by Crippen LogP contribution is -2.30. The van der Waals surface area contributed by atoms with Crippen molar-refractivity contribution in [3.8, 4) is 0 Å². The second kappa shape index (κ2) is 8.62. The van der Waals surface area contributed by atoms with Crippen LogP contribution in [0.15, 0.2) is 70.7 Å². The van der Waals surface area contributed by atoms with Gasteiger partial charge in [-0.3, -0.25) is 19.5 Å². The summed E-state index contributed by atoms with van der Waals surface area (Å²) in [5.41, 5.74) is 1.75. The molecule has 0 saturated carbocycles. The minimum absolute atomic E-state index is 0.127. The van der Waals surface area contributed by atoms with Gasteiger partial charge in [-0.1, -0.05) is 24.6 Å². The predicted octanol–water partition coefficient (Wildman–Crippen LogP) is 3.74. The number of nitrogens with one attached hydrogen (secondary N) is 2. The van der Waals surface area contributed by atoms with Crippen molar-refractivity contribution in [1.82, 2.24) is 9.71 Å². The quantitative estimate of drug-likeness (QED) is 0.669. The molecule has 0 unspecified atom stereocenters. The molecule has 4 rings (SSSR count). The number of para-hydroxylation sites is 1. The Morgan fingerprint density at radius 2 is 1.73 bits per heavy atom. The molecule has 2 aromatic carbocycles. The number of carbonyl (C=O) groups excluding carboxylic acids is 1. The van der Waals surface area contributed by atoms with E-state index in [0.717, 1.165) is 30.2 Å². The van der Waals surface area contributed by atoms with Gasteiger partial charge in [0.15, 0.2) is 0 Å². The van der Waals surface area contributed by atoms with Crippen molar-refractivity contribution in [1.29, 1.82) is 0 Å². The Kier molecular flexibility index (Phi) is 5.76. The molecule has 0 bridgehead atoms. The third kappa shape index (κ3) is 4.49. The number of hydrogen-bond donors (Lipinski definition) is 2. The summed E-state index contributed by atoms with van der Waals surface area (Å²) in [6.45, 7) is 0.645. The SMILES string of the molecule is O=C(Nc1ccc(S(=O)(=O)NC2=NCCCCC2)cc1)c1ccnc2ccccc12. The summed E-state index contributed by atoms with van der Waals surface area (Å²) in [5.74, 6) is 0.226. The van der Waals surface area contributed by atoms with Gasteiger partial charge in [0, 0.05) is 30.2 Å². The maximum atomic E-state index is 12.7. The zero-order valence-corrected chi connectivity index (χ0v) is 17.2. The van der Waals surface area contributed by atoms with E-state index in [1.165, 1.54) is 12.1 Å². The van der Waals surface area contributed by atoms with E-state index in [-0.39, 0.29) is 10.8 Å². The van der Waals surface area contributed by atoms with Crippen LogP contribution in [0.25, 0.3) is 10.9 Å². The number of benzene rings is 2. The molecule has 0 atom stereocenters. The van der Waals surface area contributed by atoms with Gasteiger partial charge >= 0.3 is 0 Å². The number of amides is 1. The number of aromatic nitrogens is 1. The number of anilines is 1. The largest absolute Gasteiger partial charge is 0.322 e. The second-order valence-corrected chi connectivity index (χ2v) is 8.78. The highest BCUT2D eigenvalue weighted by atomic mass is 32.2. The highest BCUT2D eigenvalue weighted by Gasteiger charge is 2.17. The number of hydrogen-bond acceptors (Lipinski definition) is 5. The van der Waals surface area contributed by atoms with E-state index in [0.29, 0.717) is 30.1 Å². The molecule has 0 aliphatic carbocycles. The van der Waals surface area contributed by atoms with E-state index >= 15 is 0 Å². The molecule has 154 valence electrons. The van der Waals surface area contributed by atoms with Crippen LogP contribution in [0.1, 0.15) is 36.0 Å². The van der Waals surface area contributed by atoms with Gasteiger partial charge in [0.2, 0.25) is 0 Å². The van der Waals surface area contributed by atoms with E-state index < -0.39 is 10.0 Å². The van der Waals surface area contributed by atoms with Crippen molar-refractivity contribution in [2.75, 3.05) is 11.9 Å². The third-order valence-corrected chi connectivity index (χ3v) is 6.34. The number of aliphatic imine (C=N–C) groups is 1. The van der Waals surface area contributed by atoms with Crippen molar-refractivity contribution in [2.24, 2.45) is 4.99 Å². The summed E-state index contributed by atoms with van der Waals surface area (Å²) >= 11 is 0. The molecule has 0 saturated heterocycles. The molecular weight excluding hydrogens is 400 g/mol. The first-order chi connectivity index (χ1) is 14.5. The lowest BCUT2D eigenvalue weighted by atomic mass is 10.1. The fraction of sp³-hybridized carbons (Fsp3) is 0.227. The van der Waals surface area contributed by atoms with Gasteiger partial charge in [0.1, 0.15) is 5.84 Å². The Labute approximate surface area is 175 Å².